The van der Waals surface area contributed by atoms with Crippen LogP contribution >= 0.6 is 0 Å². The molecular formula is C30H28ClGaN4O4. The van der Waals surface area contributed by atoms with Crippen molar-refractivity contribution in [2.75, 3.05) is 0 Å². The maximum atomic E-state index is 11.3. The molecule has 5 heterocycles. The number of hydrogen-bond donors (Lipinski definition) is 2. The van der Waals surface area contributed by atoms with Crippen LogP contribution < -0.4 is 22.6 Å². The quantitative estimate of drug-likeness (QED) is 0.383. The van der Waals surface area contributed by atoms with Gasteiger partial charge in [0, 0.05) is 34.0 Å². The smallest absolute Gasteiger partial charge is 1.00 e. The van der Waals surface area contributed by atoms with Crippen molar-refractivity contribution in [3.63, 3.8) is 0 Å². The summed E-state index contributed by atoms with van der Waals surface area (Å²) in [5.41, 5.74) is 12.0. The van der Waals surface area contributed by atoms with Crippen LogP contribution in [0.25, 0.3) is 44.9 Å². The van der Waals surface area contributed by atoms with Crippen LogP contribution in [0.2, 0.25) is 0 Å². The standard InChI is InChI=1S/C30H30N4O4.ClH.Ga/c1-15-9-20-12-25-17(3)21(5-7-29(35)36)27(33-25)14-28-22(6-8-30(37)38)18(4)26(34-28)13-24-16(2)10-19(32-24)11-23(15)31-20;;/h9-14,32-33H,5-8H2,1-4H3,(H,35,36)(H,37,38);1H;/q;;+3/p-3. The molecule has 2 aliphatic heterocycles. The van der Waals surface area contributed by atoms with E-state index in [1.807, 2.05) is 58.0 Å². The number of fused-ring (bicyclic) bond motifs is 8. The summed E-state index contributed by atoms with van der Waals surface area (Å²) in [5, 5.41) is 22.6. The zero-order valence-corrected chi connectivity index (χ0v) is 26.0. The van der Waals surface area contributed by atoms with Gasteiger partial charge in [0.05, 0.1) is 22.8 Å². The van der Waals surface area contributed by atoms with Crippen molar-refractivity contribution in [2.45, 2.75) is 53.4 Å². The monoisotopic (exact) mass is 612 g/mol. The van der Waals surface area contributed by atoms with Gasteiger partial charge in [-0.3, -0.25) is 0 Å². The number of rotatable bonds is 6. The van der Waals surface area contributed by atoms with E-state index in [-0.39, 0.29) is 57.9 Å². The summed E-state index contributed by atoms with van der Waals surface area (Å²) in [6.07, 6.45) is 2.33. The Morgan fingerprint density at radius 2 is 1.45 bits per heavy atom. The predicted molar refractivity (Wildman–Crippen MR) is 150 cm³/mol. The fraction of sp³-hybridized carbons (Fsp3) is 0.267. The van der Waals surface area contributed by atoms with Crippen LogP contribution in [0.1, 0.15) is 72.6 Å². The molecule has 0 amide bonds. The number of aromatic amines is 2. The molecule has 202 valence electrons. The van der Waals surface area contributed by atoms with Crippen LogP contribution in [0.3, 0.4) is 0 Å². The molecule has 10 heteroatoms. The van der Waals surface area contributed by atoms with Gasteiger partial charge < -0.3 is 42.2 Å². The molecule has 0 radical (unpaired) electrons. The minimum Gasteiger partial charge on any atom is -1.00 e. The zero-order valence-electron chi connectivity index (χ0n) is 22.8. The number of nitrogens with one attached hydrogen (secondary N) is 2. The molecule has 40 heavy (non-hydrogen) atoms. The van der Waals surface area contributed by atoms with Crippen LogP contribution in [0.15, 0.2) is 30.3 Å². The second-order valence-corrected chi connectivity index (χ2v) is 9.93. The number of aryl methyl sites for hydroxylation is 3. The molecule has 2 N–H and O–H groups in total. The third-order valence-corrected chi connectivity index (χ3v) is 7.24. The van der Waals surface area contributed by atoms with Crippen molar-refractivity contribution >= 4 is 76.6 Å². The predicted octanol–water partition coefficient (Wildman–Crippen LogP) is 0.259. The summed E-state index contributed by atoms with van der Waals surface area (Å²) in [7, 11) is 0. The zero-order chi connectivity index (χ0) is 27.1. The van der Waals surface area contributed by atoms with Crippen LogP contribution in [0.4, 0.5) is 0 Å². The normalized spacial score (nSPS) is 12.4. The van der Waals surface area contributed by atoms with Crippen molar-refractivity contribution in [3.05, 3.63) is 69.8 Å². The number of halogens is 1. The SMILES string of the molecule is CC1=Cc2cc3[nH]c(cc4nc(cc5[nH]c(cc1n2)cc5C)C(C)=C4CCC(=O)[O-])c(CCC(=O)[O-])c3C.[Cl-].[Ga+3]. The summed E-state index contributed by atoms with van der Waals surface area (Å²) in [5.74, 6) is -2.25. The Balaban J connectivity index is 0.00000220. The second-order valence-electron chi connectivity index (χ2n) is 9.93. The van der Waals surface area contributed by atoms with E-state index in [0.717, 1.165) is 72.6 Å². The Hall–Kier alpha value is -3.53. The Bertz CT molecular complexity index is 1730. The fourth-order valence-electron chi connectivity index (χ4n) is 5.10. The number of hydrogen-bond acceptors (Lipinski definition) is 6. The van der Waals surface area contributed by atoms with Gasteiger partial charge in [0.2, 0.25) is 0 Å². The number of aromatic nitrogens is 4. The molecule has 0 aliphatic carbocycles. The third kappa shape index (κ3) is 6.27. The van der Waals surface area contributed by atoms with Crippen LogP contribution in [0, 0.1) is 13.8 Å². The number of H-pyrrole nitrogens is 2. The van der Waals surface area contributed by atoms with E-state index < -0.39 is 11.9 Å². The molecule has 0 atom stereocenters. The summed E-state index contributed by atoms with van der Waals surface area (Å²) in [6.45, 7) is 7.93. The Kier molecular flexibility index (Phi) is 9.55. The van der Waals surface area contributed by atoms with Gasteiger partial charge >= 0.3 is 19.8 Å². The van der Waals surface area contributed by atoms with E-state index >= 15 is 0 Å². The molecular weight excluding hydrogens is 586 g/mol. The molecule has 8 nitrogen and oxygen atoms in total. The minimum absolute atomic E-state index is 0. The number of aliphatic carboxylic acids is 2. The summed E-state index contributed by atoms with van der Waals surface area (Å²) in [4.78, 5) is 39.2. The van der Waals surface area contributed by atoms with Crippen molar-refractivity contribution in [3.8, 4) is 0 Å². The van der Waals surface area contributed by atoms with E-state index in [1.54, 1.807) is 0 Å². The summed E-state index contributed by atoms with van der Waals surface area (Å²) < 4.78 is 0. The number of nitrogens with zero attached hydrogens (tertiary/aromatic N) is 2. The van der Waals surface area contributed by atoms with E-state index in [1.165, 1.54) is 0 Å². The average Bonchev–Trinajstić information content (AvgIpc) is 3.53. The molecule has 3 aromatic heterocycles. The van der Waals surface area contributed by atoms with Gasteiger partial charge in [-0.1, -0.05) is 0 Å². The Labute approximate surface area is 251 Å². The molecule has 0 unspecified atom stereocenters. The molecule has 0 fully saturated rings. The number of carboxylic acids is 2. The largest absolute Gasteiger partial charge is 3.00 e. The van der Waals surface area contributed by atoms with Crippen LogP contribution in [-0.4, -0.2) is 51.7 Å². The minimum atomic E-state index is -1.13. The number of allylic oxidation sites excluding steroid dienone is 3. The topological polar surface area (TPSA) is 138 Å². The van der Waals surface area contributed by atoms with Crippen molar-refractivity contribution in [1.29, 1.82) is 0 Å². The van der Waals surface area contributed by atoms with Crippen molar-refractivity contribution < 1.29 is 32.2 Å². The van der Waals surface area contributed by atoms with Gasteiger partial charge in [-0.05, 0) is 123 Å². The second kappa shape index (κ2) is 12.3. The van der Waals surface area contributed by atoms with E-state index in [9.17, 15) is 19.8 Å². The molecule has 0 spiro atoms. The first-order valence-electron chi connectivity index (χ1n) is 12.6. The molecule has 3 aromatic rings. The molecule has 2 aliphatic rings. The van der Waals surface area contributed by atoms with Gasteiger partial charge in [-0.15, -0.1) is 0 Å². The van der Waals surface area contributed by atoms with E-state index in [2.05, 4.69) is 16.0 Å². The maximum Gasteiger partial charge on any atom is 3.00 e. The molecule has 0 aromatic carbocycles. The van der Waals surface area contributed by atoms with Crippen LogP contribution in [0.5, 0.6) is 0 Å². The van der Waals surface area contributed by atoms with Gasteiger partial charge in [0.25, 0.3) is 0 Å². The van der Waals surface area contributed by atoms with Gasteiger partial charge in [-0.25, -0.2) is 9.97 Å². The average molecular weight is 614 g/mol. The molecule has 0 saturated carbocycles. The van der Waals surface area contributed by atoms with Gasteiger partial charge in [0.1, 0.15) is 0 Å². The maximum absolute atomic E-state index is 11.3. The Morgan fingerprint density at radius 1 is 0.775 bits per heavy atom. The fourth-order valence-corrected chi connectivity index (χ4v) is 5.10. The van der Waals surface area contributed by atoms with Crippen molar-refractivity contribution in [1.82, 2.24) is 19.9 Å². The molecule has 8 bridgehead atoms. The third-order valence-electron chi connectivity index (χ3n) is 7.24. The van der Waals surface area contributed by atoms with E-state index in [4.69, 9.17) is 9.97 Å². The first-order chi connectivity index (χ1) is 18.1. The number of carboxylic acid groups (broad SMARTS) is 2. The first kappa shape index (κ1) is 31.0. The Morgan fingerprint density at radius 3 is 2.15 bits per heavy atom. The van der Waals surface area contributed by atoms with Crippen LogP contribution in [-0.2, 0) is 16.0 Å². The molecule has 0 saturated heterocycles. The summed E-state index contributed by atoms with van der Waals surface area (Å²) in [6, 6.07) is 9.88. The first-order valence-corrected chi connectivity index (χ1v) is 12.6. The van der Waals surface area contributed by atoms with Gasteiger partial charge in [-0.2, -0.15) is 0 Å². The number of carbonyl (C=O) groups excluding carboxylic acids is 2. The van der Waals surface area contributed by atoms with Gasteiger partial charge in [0.15, 0.2) is 0 Å². The van der Waals surface area contributed by atoms with Crippen molar-refractivity contribution in [2.24, 2.45) is 0 Å². The van der Waals surface area contributed by atoms with E-state index in [0.29, 0.717) is 5.69 Å². The number of carbonyl (C=O) groups is 2. The summed E-state index contributed by atoms with van der Waals surface area (Å²) >= 11 is 0. The molecule has 5 rings (SSSR count).